The van der Waals surface area contributed by atoms with Gasteiger partial charge in [-0.3, -0.25) is 0 Å². The van der Waals surface area contributed by atoms with E-state index in [0.29, 0.717) is 19.7 Å². The van der Waals surface area contributed by atoms with Crippen molar-refractivity contribution in [2.24, 2.45) is 0 Å². The zero-order valence-corrected chi connectivity index (χ0v) is 11.4. The Morgan fingerprint density at radius 2 is 2.00 bits per heavy atom. The number of carbonyl (C=O) groups is 1. The molecule has 0 atom stereocenters. The lowest BCUT2D eigenvalue weighted by Crippen LogP contribution is -2.48. The molecule has 1 aromatic carbocycles. The Balaban J connectivity index is 1.85. The van der Waals surface area contributed by atoms with Gasteiger partial charge in [-0.2, -0.15) is 0 Å². The standard InChI is InChI=1S/C15H22N2O2/c1-19-11-10-16-14(18)17-12-15(8-5-9-15)13-6-3-2-4-7-13/h2-4,6-7H,5,8-12H2,1H3,(H2,16,17,18). The summed E-state index contributed by atoms with van der Waals surface area (Å²) in [7, 11) is 1.62. The lowest BCUT2D eigenvalue weighted by Gasteiger charge is -2.42. The second-order valence-electron chi connectivity index (χ2n) is 5.10. The van der Waals surface area contributed by atoms with Crippen molar-refractivity contribution in [2.75, 3.05) is 26.8 Å². The first-order chi connectivity index (χ1) is 9.27. The molecule has 0 unspecified atom stereocenters. The Hall–Kier alpha value is -1.55. The monoisotopic (exact) mass is 262 g/mol. The Morgan fingerprint density at radius 1 is 1.26 bits per heavy atom. The second kappa shape index (κ2) is 6.57. The summed E-state index contributed by atoms with van der Waals surface area (Å²) in [5.74, 6) is 0. The van der Waals surface area contributed by atoms with Gasteiger partial charge in [0.1, 0.15) is 0 Å². The highest BCUT2D eigenvalue weighted by Gasteiger charge is 2.38. The number of ether oxygens (including phenoxy) is 1. The maximum atomic E-state index is 11.7. The van der Waals surface area contributed by atoms with Crippen molar-refractivity contribution in [3.63, 3.8) is 0 Å². The minimum Gasteiger partial charge on any atom is -0.383 e. The van der Waals surface area contributed by atoms with Gasteiger partial charge in [-0.25, -0.2) is 4.79 Å². The maximum Gasteiger partial charge on any atom is 0.314 e. The highest BCUT2D eigenvalue weighted by atomic mass is 16.5. The molecule has 2 rings (SSSR count). The zero-order valence-electron chi connectivity index (χ0n) is 11.4. The zero-order chi connectivity index (χ0) is 13.6. The fourth-order valence-electron chi connectivity index (χ4n) is 2.54. The highest BCUT2D eigenvalue weighted by Crippen LogP contribution is 2.42. The minimum atomic E-state index is -0.112. The van der Waals surface area contributed by atoms with Gasteiger partial charge in [0.15, 0.2) is 0 Å². The van der Waals surface area contributed by atoms with Gasteiger partial charge in [0.2, 0.25) is 0 Å². The van der Waals surface area contributed by atoms with E-state index in [2.05, 4.69) is 34.9 Å². The van der Waals surface area contributed by atoms with Crippen molar-refractivity contribution in [1.82, 2.24) is 10.6 Å². The van der Waals surface area contributed by atoms with Crippen molar-refractivity contribution in [1.29, 1.82) is 0 Å². The molecule has 0 bridgehead atoms. The molecule has 0 spiro atoms. The molecular weight excluding hydrogens is 240 g/mol. The number of urea groups is 1. The predicted octanol–water partition coefficient (Wildman–Crippen LogP) is 2.05. The van der Waals surface area contributed by atoms with Crippen LogP contribution in [0.15, 0.2) is 30.3 Å². The fraction of sp³-hybridized carbons (Fsp3) is 0.533. The number of nitrogens with one attached hydrogen (secondary N) is 2. The molecule has 2 amide bonds. The van der Waals surface area contributed by atoms with E-state index in [1.165, 1.54) is 12.0 Å². The third kappa shape index (κ3) is 3.47. The molecule has 1 aromatic rings. The first-order valence-electron chi connectivity index (χ1n) is 6.83. The molecule has 0 radical (unpaired) electrons. The molecule has 104 valence electrons. The molecule has 1 fully saturated rings. The van der Waals surface area contributed by atoms with E-state index in [9.17, 15) is 4.79 Å². The van der Waals surface area contributed by atoms with Crippen LogP contribution >= 0.6 is 0 Å². The van der Waals surface area contributed by atoms with Crippen LogP contribution in [0.1, 0.15) is 24.8 Å². The van der Waals surface area contributed by atoms with Crippen molar-refractivity contribution in [3.05, 3.63) is 35.9 Å². The average Bonchev–Trinajstić information content (AvgIpc) is 2.39. The van der Waals surface area contributed by atoms with Gasteiger partial charge in [0.05, 0.1) is 6.61 Å². The lowest BCUT2D eigenvalue weighted by atomic mass is 9.64. The number of amides is 2. The summed E-state index contributed by atoms with van der Waals surface area (Å²) in [6.45, 7) is 1.79. The quantitative estimate of drug-likeness (QED) is 0.771. The van der Waals surface area contributed by atoms with Crippen LogP contribution in [0.4, 0.5) is 4.79 Å². The van der Waals surface area contributed by atoms with Crippen LogP contribution < -0.4 is 10.6 Å². The average molecular weight is 262 g/mol. The molecule has 4 heteroatoms. The van der Waals surface area contributed by atoms with Crippen LogP contribution in [0.3, 0.4) is 0 Å². The lowest BCUT2D eigenvalue weighted by molar-refractivity contribution is 0.192. The van der Waals surface area contributed by atoms with Gasteiger partial charge >= 0.3 is 6.03 Å². The topological polar surface area (TPSA) is 50.4 Å². The van der Waals surface area contributed by atoms with E-state index in [0.717, 1.165) is 12.8 Å². The number of carbonyl (C=O) groups excluding carboxylic acids is 1. The van der Waals surface area contributed by atoms with Crippen molar-refractivity contribution < 1.29 is 9.53 Å². The summed E-state index contributed by atoms with van der Waals surface area (Å²) in [4.78, 5) is 11.7. The SMILES string of the molecule is COCCNC(=O)NCC1(c2ccccc2)CCC1. The third-order valence-electron chi connectivity index (χ3n) is 3.88. The number of hydrogen-bond acceptors (Lipinski definition) is 2. The maximum absolute atomic E-state index is 11.7. The molecular formula is C15H22N2O2. The summed E-state index contributed by atoms with van der Waals surface area (Å²) < 4.78 is 4.90. The minimum absolute atomic E-state index is 0.112. The van der Waals surface area contributed by atoms with E-state index in [1.54, 1.807) is 7.11 Å². The summed E-state index contributed by atoms with van der Waals surface area (Å²) >= 11 is 0. The predicted molar refractivity (Wildman–Crippen MR) is 75.2 cm³/mol. The Labute approximate surface area is 114 Å². The smallest absolute Gasteiger partial charge is 0.314 e. The summed E-state index contributed by atoms with van der Waals surface area (Å²) in [5, 5.41) is 5.76. The number of methoxy groups -OCH3 is 1. The summed E-state index contributed by atoms with van der Waals surface area (Å²) in [6.07, 6.45) is 3.53. The van der Waals surface area contributed by atoms with Crippen molar-refractivity contribution >= 4 is 6.03 Å². The van der Waals surface area contributed by atoms with Gasteiger partial charge in [-0.1, -0.05) is 36.8 Å². The van der Waals surface area contributed by atoms with Crippen molar-refractivity contribution in [2.45, 2.75) is 24.7 Å². The molecule has 1 saturated carbocycles. The molecule has 0 saturated heterocycles. The summed E-state index contributed by atoms with van der Waals surface area (Å²) in [6, 6.07) is 10.4. The van der Waals surface area contributed by atoms with E-state index in [1.807, 2.05) is 6.07 Å². The van der Waals surface area contributed by atoms with E-state index in [4.69, 9.17) is 4.74 Å². The number of hydrogen-bond donors (Lipinski definition) is 2. The first kappa shape index (κ1) is 13.9. The molecule has 1 aliphatic carbocycles. The molecule has 19 heavy (non-hydrogen) atoms. The first-order valence-corrected chi connectivity index (χ1v) is 6.83. The van der Waals surface area contributed by atoms with E-state index >= 15 is 0 Å². The number of benzene rings is 1. The fourth-order valence-corrected chi connectivity index (χ4v) is 2.54. The van der Waals surface area contributed by atoms with Crippen LogP contribution in [-0.2, 0) is 10.2 Å². The molecule has 0 aliphatic heterocycles. The summed E-state index contributed by atoms with van der Waals surface area (Å²) in [5.41, 5.74) is 1.47. The van der Waals surface area contributed by atoms with Gasteiger partial charge < -0.3 is 15.4 Å². The van der Waals surface area contributed by atoms with Crippen molar-refractivity contribution in [3.8, 4) is 0 Å². The largest absolute Gasteiger partial charge is 0.383 e. The van der Waals surface area contributed by atoms with Crippen LogP contribution in [0.25, 0.3) is 0 Å². The van der Waals surface area contributed by atoms with Gasteiger partial charge in [0, 0.05) is 25.6 Å². The molecule has 0 heterocycles. The highest BCUT2D eigenvalue weighted by molar-refractivity contribution is 5.74. The Morgan fingerprint density at radius 3 is 2.58 bits per heavy atom. The van der Waals surface area contributed by atoms with Gasteiger partial charge in [-0.05, 0) is 18.4 Å². The number of rotatable bonds is 6. The van der Waals surface area contributed by atoms with Crippen LogP contribution in [0.5, 0.6) is 0 Å². The normalized spacial score (nSPS) is 16.5. The van der Waals surface area contributed by atoms with E-state index < -0.39 is 0 Å². The van der Waals surface area contributed by atoms with Crippen LogP contribution in [0, 0.1) is 0 Å². The third-order valence-corrected chi connectivity index (χ3v) is 3.88. The molecule has 2 N–H and O–H groups in total. The molecule has 1 aliphatic rings. The van der Waals surface area contributed by atoms with Crippen LogP contribution in [-0.4, -0.2) is 32.8 Å². The van der Waals surface area contributed by atoms with E-state index in [-0.39, 0.29) is 11.4 Å². The Kier molecular flexibility index (Phi) is 4.80. The van der Waals surface area contributed by atoms with Gasteiger partial charge in [0.25, 0.3) is 0 Å². The Bertz CT molecular complexity index is 402. The second-order valence-corrected chi connectivity index (χ2v) is 5.10. The van der Waals surface area contributed by atoms with Gasteiger partial charge in [-0.15, -0.1) is 0 Å². The molecule has 4 nitrogen and oxygen atoms in total. The van der Waals surface area contributed by atoms with Crippen LogP contribution in [0.2, 0.25) is 0 Å². The molecule has 0 aromatic heterocycles.